The molecule has 22 heavy (non-hydrogen) atoms. The third kappa shape index (κ3) is 3.40. The first-order chi connectivity index (χ1) is 10.6. The van der Waals surface area contributed by atoms with Crippen LogP contribution in [-0.4, -0.2) is 24.9 Å². The highest BCUT2D eigenvalue weighted by Crippen LogP contribution is 2.32. The largest absolute Gasteiger partial charge is 0.465 e. The van der Waals surface area contributed by atoms with Crippen LogP contribution in [0, 0.1) is 0 Å². The Morgan fingerprint density at radius 1 is 1.14 bits per heavy atom. The van der Waals surface area contributed by atoms with Crippen LogP contribution in [0.3, 0.4) is 0 Å². The van der Waals surface area contributed by atoms with Gasteiger partial charge in [-0.15, -0.1) is 11.6 Å². The summed E-state index contributed by atoms with van der Waals surface area (Å²) < 4.78 is 4.76. The number of benzene rings is 2. The number of hydrogen-bond acceptors (Lipinski definition) is 3. The molecule has 0 spiro atoms. The number of nitrogens with zero attached hydrogens (tertiary/aromatic N) is 1. The third-order valence-corrected chi connectivity index (χ3v) is 3.45. The van der Waals surface area contributed by atoms with Crippen molar-refractivity contribution in [3.8, 4) is 0 Å². The summed E-state index contributed by atoms with van der Waals surface area (Å²) in [6.07, 6.45) is 0. The van der Waals surface area contributed by atoms with Gasteiger partial charge in [-0.25, -0.2) is 4.79 Å². The van der Waals surface area contributed by atoms with Gasteiger partial charge in [0.2, 0.25) is 5.91 Å². The van der Waals surface area contributed by atoms with Gasteiger partial charge in [0.15, 0.2) is 0 Å². The predicted molar refractivity (Wildman–Crippen MR) is 87.1 cm³/mol. The molecule has 114 valence electrons. The van der Waals surface area contributed by atoms with E-state index in [0.717, 1.165) is 0 Å². The molecule has 2 aromatic carbocycles. The number of carbonyl (C=O) groups excluding carboxylic acids is 2. The van der Waals surface area contributed by atoms with Gasteiger partial charge >= 0.3 is 5.97 Å². The average Bonchev–Trinajstić information content (AvgIpc) is 2.55. The Morgan fingerprint density at radius 2 is 1.82 bits per heavy atom. The second-order valence-electron chi connectivity index (χ2n) is 4.35. The van der Waals surface area contributed by atoms with Crippen molar-refractivity contribution in [3.63, 3.8) is 0 Å². The number of halogens is 2. The van der Waals surface area contributed by atoms with Crippen molar-refractivity contribution < 1.29 is 14.3 Å². The number of alkyl halides is 1. The molecule has 0 bridgehead atoms. The van der Waals surface area contributed by atoms with Gasteiger partial charge in [0.1, 0.15) is 5.88 Å². The fourth-order valence-corrected chi connectivity index (χ4v) is 2.31. The molecular formula is C16H13Cl2NO3. The lowest BCUT2D eigenvalue weighted by Gasteiger charge is -2.24. The minimum Gasteiger partial charge on any atom is -0.465 e. The predicted octanol–water partition coefficient (Wildman–Crippen LogP) is 4.03. The summed E-state index contributed by atoms with van der Waals surface area (Å²) in [5.41, 5.74) is 1.14. The van der Waals surface area contributed by atoms with Crippen molar-refractivity contribution in [2.75, 3.05) is 17.9 Å². The maximum absolute atomic E-state index is 12.3. The maximum Gasteiger partial charge on any atom is 0.339 e. The quantitative estimate of drug-likeness (QED) is 0.625. The zero-order valence-corrected chi connectivity index (χ0v) is 13.3. The molecule has 0 N–H and O–H groups in total. The number of rotatable bonds is 4. The Hall–Kier alpha value is -2.04. The van der Waals surface area contributed by atoms with E-state index in [1.807, 2.05) is 6.07 Å². The Balaban J connectivity index is 2.64. The second kappa shape index (κ2) is 7.29. The molecule has 2 rings (SSSR count). The summed E-state index contributed by atoms with van der Waals surface area (Å²) in [6, 6.07) is 13.5. The highest BCUT2D eigenvalue weighted by atomic mass is 35.5. The minimum absolute atomic E-state index is 0.231. The van der Waals surface area contributed by atoms with Crippen LogP contribution < -0.4 is 4.90 Å². The zero-order valence-electron chi connectivity index (χ0n) is 11.8. The van der Waals surface area contributed by atoms with E-state index in [-0.39, 0.29) is 17.4 Å². The van der Waals surface area contributed by atoms with Crippen LogP contribution in [0.25, 0.3) is 0 Å². The summed E-state index contributed by atoms with van der Waals surface area (Å²) in [5, 5.41) is 0.394. The smallest absolute Gasteiger partial charge is 0.339 e. The van der Waals surface area contributed by atoms with Gasteiger partial charge < -0.3 is 4.74 Å². The standard InChI is InChI=1S/C16H13Cl2NO3/c1-22-16(21)13-8-7-11(18)9-14(13)19(15(20)10-17)12-5-3-2-4-6-12/h2-9H,10H2,1H3. The van der Waals surface area contributed by atoms with Crippen molar-refractivity contribution in [1.82, 2.24) is 0 Å². The SMILES string of the molecule is COC(=O)c1ccc(Cl)cc1N(C(=O)CCl)c1ccccc1. The van der Waals surface area contributed by atoms with E-state index in [1.54, 1.807) is 30.3 Å². The Labute approximate surface area is 138 Å². The van der Waals surface area contributed by atoms with Gasteiger partial charge in [0, 0.05) is 10.7 Å². The van der Waals surface area contributed by atoms with E-state index in [9.17, 15) is 9.59 Å². The normalized spacial score (nSPS) is 10.1. The average molecular weight is 338 g/mol. The van der Waals surface area contributed by atoms with Crippen LogP contribution in [0.2, 0.25) is 5.02 Å². The number of carbonyl (C=O) groups is 2. The van der Waals surface area contributed by atoms with Crippen molar-refractivity contribution in [1.29, 1.82) is 0 Å². The van der Waals surface area contributed by atoms with Crippen molar-refractivity contribution >= 4 is 46.5 Å². The van der Waals surface area contributed by atoms with Crippen molar-refractivity contribution in [2.24, 2.45) is 0 Å². The van der Waals surface area contributed by atoms with Gasteiger partial charge in [0.05, 0.1) is 18.4 Å². The van der Waals surface area contributed by atoms with Crippen LogP contribution in [0.15, 0.2) is 48.5 Å². The van der Waals surface area contributed by atoms with Crippen LogP contribution in [0.5, 0.6) is 0 Å². The molecule has 0 heterocycles. The lowest BCUT2D eigenvalue weighted by atomic mass is 10.1. The molecular weight excluding hydrogens is 325 g/mol. The van der Waals surface area contributed by atoms with Gasteiger partial charge in [-0.1, -0.05) is 29.8 Å². The maximum atomic E-state index is 12.3. The Bertz CT molecular complexity index is 689. The molecule has 0 fully saturated rings. The van der Waals surface area contributed by atoms with Gasteiger partial charge in [-0.2, -0.15) is 0 Å². The zero-order chi connectivity index (χ0) is 16.1. The number of para-hydroxylation sites is 1. The number of methoxy groups -OCH3 is 1. The highest BCUT2D eigenvalue weighted by molar-refractivity contribution is 6.32. The molecule has 1 amide bonds. The first kappa shape index (κ1) is 16.3. The summed E-state index contributed by atoms with van der Waals surface area (Å²) in [4.78, 5) is 25.6. The molecule has 0 aliphatic rings. The number of anilines is 2. The van der Waals surface area contributed by atoms with E-state index < -0.39 is 5.97 Å². The number of amides is 1. The highest BCUT2D eigenvalue weighted by Gasteiger charge is 2.23. The first-order valence-corrected chi connectivity index (χ1v) is 7.31. The summed E-state index contributed by atoms with van der Waals surface area (Å²) >= 11 is 11.7. The summed E-state index contributed by atoms with van der Waals surface area (Å²) in [5.74, 6) is -1.17. The lowest BCUT2D eigenvalue weighted by Crippen LogP contribution is -2.28. The molecule has 4 nitrogen and oxygen atoms in total. The van der Waals surface area contributed by atoms with Gasteiger partial charge in [0.25, 0.3) is 0 Å². The van der Waals surface area contributed by atoms with E-state index >= 15 is 0 Å². The molecule has 0 saturated carbocycles. The van der Waals surface area contributed by atoms with E-state index in [4.69, 9.17) is 27.9 Å². The third-order valence-electron chi connectivity index (χ3n) is 2.98. The van der Waals surface area contributed by atoms with Gasteiger partial charge in [-0.3, -0.25) is 9.69 Å². The monoisotopic (exact) mass is 337 g/mol. The number of hydrogen-bond donors (Lipinski definition) is 0. The molecule has 2 aromatic rings. The van der Waals surface area contributed by atoms with Crippen LogP contribution in [-0.2, 0) is 9.53 Å². The van der Waals surface area contributed by atoms with Crippen LogP contribution >= 0.6 is 23.2 Å². The second-order valence-corrected chi connectivity index (χ2v) is 5.06. The van der Waals surface area contributed by atoms with Crippen LogP contribution in [0.4, 0.5) is 11.4 Å². The fraction of sp³-hybridized carbons (Fsp3) is 0.125. The van der Waals surface area contributed by atoms with E-state index in [1.165, 1.54) is 24.1 Å². The van der Waals surface area contributed by atoms with Crippen molar-refractivity contribution in [2.45, 2.75) is 0 Å². The molecule has 6 heteroatoms. The summed E-state index contributed by atoms with van der Waals surface area (Å²) in [7, 11) is 1.27. The molecule has 0 radical (unpaired) electrons. The first-order valence-electron chi connectivity index (χ1n) is 6.40. The fourth-order valence-electron chi connectivity index (χ4n) is 2.03. The number of esters is 1. The van der Waals surface area contributed by atoms with Gasteiger partial charge in [-0.05, 0) is 30.3 Å². The van der Waals surface area contributed by atoms with Crippen molar-refractivity contribution in [3.05, 3.63) is 59.1 Å². The van der Waals surface area contributed by atoms with Crippen LogP contribution in [0.1, 0.15) is 10.4 Å². The number of ether oxygens (including phenoxy) is 1. The topological polar surface area (TPSA) is 46.6 Å². The molecule has 0 aromatic heterocycles. The summed E-state index contributed by atoms with van der Waals surface area (Å²) in [6.45, 7) is 0. The molecule has 0 saturated heterocycles. The molecule has 0 aliphatic carbocycles. The van der Waals surface area contributed by atoms with E-state index in [0.29, 0.717) is 16.4 Å². The van der Waals surface area contributed by atoms with E-state index in [2.05, 4.69) is 0 Å². The molecule has 0 aliphatic heterocycles. The molecule has 0 atom stereocenters. The Morgan fingerprint density at radius 3 is 2.41 bits per heavy atom. The Kier molecular flexibility index (Phi) is 5.41. The molecule has 0 unspecified atom stereocenters. The minimum atomic E-state index is -0.560. The lowest BCUT2D eigenvalue weighted by molar-refractivity contribution is -0.115.